The normalized spacial score (nSPS) is 11.3. The van der Waals surface area contributed by atoms with Crippen LogP contribution < -0.4 is 4.72 Å². The fraction of sp³-hybridized carbons (Fsp3) is 0.0769. The first kappa shape index (κ1) is 14.8. The van der Waals surface area contributed by atoms with Gasteiger partial charge in [0, 0.05) is 8.04 Å². The van der Waals surface area contributed by atoms with Crippen LogP contribution in [-0.4, -0.2) is 8.42 Å². The van der Waals surface area contributed by atoms with E-state index in [9.17, 15) is 8.42 Å². The van der Waals surface area contributed by atoms with Crippen LogP contribution in [0.4, 0.5) is 5.69 Å². The molecule has 100 valence electrons. The Morgan fingerprint density at radius 3 is 2.47 bits per heavy atom. The zero-order valence-corrected chi connectivity index (χ0v) is 14.6. The topological polar surface area (TPSA) is 46.2 Å². The van der Waals surface area contributed by atoms with Crippen molar-refractivity contribution in [2.45, 2.75) is 11.8 Å². The SMILES string of the molecule is Cc1ccc(S(=O)(=O)Nc2ccccc2I)c(Br)c1. The molecule has 0 unspecified atom stereocenters. The molecule has 0 spiro atoms. The summed E-state index contributed by atoms with van der Waals surface area (Å²) in [6.45, 7) is 1.91. The zero-order valence-electron chi connectivity index (χ0n) is 10.0. The van der Waals surface area contributed by atoms with Gasteiger partial charge in [-0.1, -0.05) is 18.2 Å². The van der Waals surface area contributed by atoms with E-state index >= 15 is 0 Å². The first-order valence-corrected chi connectivity index (χ1v) is 8.79. The second kappa shape index (κ2) is 5.80. The van der Waals surface area contributed by atoms with Crippen molar-refractivity contribution in [3.05, 3.63) is 56.1 Å². The van der Waals surface area contributed by atoms with Crippen molar-refractivity contribution in [1.29, 1.82) is 0 Å². The van der Waals surface area contributed by atoms with Gasteiger partial charge in [0.1, 0.15) is 4.90 Å². The number of para-hydroxylation sites is 1. The van der Waals surface area contributed by atoms with Crippen LogP contribution in [0.2, 0.25) is 0 Å². The number of rotatable bonds is 3. The van der Waals surface area contributed by atoms with Crippen LogP contribution in [0.5, 0.6) is 0 Å². The zero-order chi connectivity index (χ0) is 14.0. The van der Waals surface area contributed by atoms with Crippen molar-refractivity contribution in [3.63, 3.8) is 0 Å². The van der Waals surface area contributed by atoms with Crippen molar-refractivity contribution in [2.24, 2.45) is 0 Å². The number of hydrogen-bond donors (Lipinski definition) is 1. The quantitative estimate of drug-likeness (QED) is 0.712. The lowest BCUT2D eigenvalue weighted by Crippen LogP contribution is -2.14. The van der Waals surface area contributed by atoms with Crippen LogP contribution >= 0.6 is 38.5 Å². The summed E-state index contributed by atoms with van der Waals surface area (Å²) >= 11 is 5.39. The van der Waals surface area contributed by atoms with E-state index in [1.165, 1.54) is 0 Å². The molecule has 0 fully saturated rings. The fourth-order valence-electron chi connectivity index (χ4n) is 1.57. The van der Waals surface area contributed by atoms with Gasteiger partial charge in [-0.05, 0) is 75.3 Å². The highest BCUT2D eigenvalue weighted by molar-refractivity contribution is 14.1. The highest BCUT2D eigenvalue weighted by Crippen LogP contribution is 2.26. The molecule has 0 heterocycles. The minimum absolute atomic E-state index is 0.234. The molecule has 6 heteroatoms. The summed E-state index contributed by atoms with van der Waals surface area (Å²) in [4.78, 5) is 0.234. The number of anilines is 1. The molecule has 2 aromatic carbocycles. The van der Waals surface area contributed by atoms with Crippen molar-refractivity contribution in [3.8, 4) is 0 Å². The van der Waals surface area contributed by atoms with Gasteiger partial charge in [-0.2, -0.15) is 0 Å². The predicted molar refractivity (Wildman–Crippen MR) is 88.8 cm³/mol. The van der Waals surface area contributed by atoms with Crippen LogP contribution in [0.3, 0.4) is 0 Å². The van der Waals surface area contributed by atoms with Gasteiger partial charge >= 0.3 is 0 Å². The summed E-state index contributed by atoms with van der Waals surface area (Å²) < 4.78 is 28.7. The third-order valence-corrected chi connectivity index (χ3v) is 5.78. The monoisotopic (exact) mass is 451 g/mol. The third-order valence-electron chi connectivity index (χ3n) is 2.50. The fourth-order valence-corrected chi connectivity index (χ4v) is 4.55. The van der Waals surface area contributed by atoms with E-state index in [1.54, 1.807) is 30.3 Å². The van der Waals surface area contributed by atoms with Crippen molar-refractivity contribution >= 4 is 54.2 Å². The van der Waals surface area contributed by atoms with Gasteiger partial charge in [0.15, 0.2) is 0 Å². The molecule has 0 aliphatic heterocycles. The van der Waals surface area contributed by atoms with Gasteiger partial charge in [-0.15, -0.1) is 0 Å². The summed E-state index contributed by atoms with van der Waals surface area (Å²) in [5.41, 5.74) is 1.58. The smallest absolute Gasteiger partial charge is 0.263 e. The van der Waals surface area contributed by atoms with Gasteiger partial charge in [-0.25, -0.2) is 8.42 Å². The molecule has 19 heavy (non-hydrogen) atoms. The largest absolute Gasteiger partial charge is 0.279 e. The van der Waals surface area contributed by atoms with Crippen LogP contribution in [0.1, 0.15) is 5.56 Å². The maximum atomic E-state index is 12.3. The van der Waals surface area contributed by atoms with Crippen molar-refractivity contribution in [1.82, 2.24) is 0 Å². The van der Waals surface area contributed by atoms with Crippen LogP contribution in [0.15, 0.2) is 51.8 Å². The Hall–Kier alpha value is -0.600. The Morgan fingerprint density at radius 2 is 1.84 bits per heavy atom. The maximum absolute atomic E-state index is 12.3. The van der Waals surface area contributed by atoms with Gasteiger partial charge in [0.2, 0.25) is 0 Å². The lowest BCUT2D eigenvalue weighted by molar-refractivity contribution is 0.600. The number of aryl methyl sites for hydroxylation is 1. The van der Waals surface area contributed by atoms with E-state index in [0.717, 1.165) is 9.13 Å². The Bertz CT molecular complexity index is 716. The standard InChI is InChI=1S/C13H11BrINO2S/c1-9-6-7-13(10(14)8-9)19(17,18)16-12-5-3-2-4-11(12)15/h2-8,16H,1H3. The molecule has 0 atom stereocenters. The number of sulfonamides is 1. The molecule has 0 radical (unpaired) electrons. The average Bonchev–Trinajstić information content (AvgIpc) is 2.31. The molecule has 2 rings (SSSR count). The Labute approximate surface area is 134 Å². The molecule has 0 saturated heterocycles. The third kappa shape index (κ3) is 3.49. The molecule has 1 N–H and O–H groups in total. The maximum Gasteiger partial charge on any atom is 0.263 e. The van der Waals surface area contributed by atoms with E-state index in [4.69, 9.17) is 0 Å². The van der Waals surface area contributed by atoms with E-state index in [0.29, 0.717) is 10.2 Å². The summed E-state index contributed by atoms with van der Waals surface area (Å²) in [5, 5.41) is 0. The molecule has 0 aromatic heterocycles. The average molecular weight is 452 g/mol. The van der Waals surface area contributed by atoms with Crippen LogP contribution in [0, 0.1) is 10.5 Å². The van der Waals surface area contributed by atoms with E-state index in [2.05, 4.69) is 43.2 Å². The van der Waals surface area contributed by atoms with Gasteiger partial charge in [-0.3, -0.25) is 4.72 Å². The Morgan fingerprint density at radius 1 is 1.16 bits per heavy atom. The lowest BCUT2D eigenvalue weighted by Gasteiger charge is -2.11. The van der Waals surface area contributed by atoms with Gasteiger partial charge in [0.25, 0.3) is 10.0 Å². The van der Waals surface area contributed by atoms with Crippen molar-refractivity contribution in [2.75, 3.05) is 4.72 Å². The number of benzene rings is 2. The molecule has 3 nitrogen and oxygen atoms in total. The molecular formula is C13H11BrINO2S. The highest BCUT2D eigenvalue weighted by Gasteiger charge is 2.18. The number of nitrogens with one attached hydrogen (secondary N) is 1. The number of halogens is 2. The van der Waals surface area contributed by atoms with Crippen LogP contribution in [-0.2, 0) is 10.0 Å². The Balaban J connectivity index is 2.41. The summed E-state index contributed by atoms with van der Waals surface area (Å²) in [6, 6.07) is 12.4. The molecular weight excluding hydrogens is 441 g/mol. The first-order valence-electron chi connectivity index (χ1n) is 5.43. The molecule has 0 aliphatic rings. The predicted octanol–water partition coefficient (Wildman–Crippen LogP) is 4.16. The first-order chi connectivity index (χ1) is 8.90. The van der Waals surface area contributed by atoms with E-state index in [1.807, 2.05) is 19.1 Å². The lowest BCUT2D eigenvalue weighted by atomic mass is 10.2. The van der Waals surface area contributed by atoms with Gasteiger partial charge < -0.3 is 0 Å². The molecule has 0 aliphatic carbocycles. The molecule has 2 aromatic rings. The summed E-state index contributed by atoms with van der Waals surface area (Å²) in [7, 11) is -3.58. The van der Waals surface area contributed by atoms with Crippen molar-refractivity contribution < 1.29 is 8.42 Å². The minimum atomic E-state index is -3.58. The van der Waals surface area contributed by atoms with Gasteiger partial charge in [0.05, 0.1) is 5.69 Å². The molecule has 0 amide bonds. The van der Waals surface area contributed by atoms with E-state index in [-0.39, 0.29) is 4.90 Å². The van der Waals surface area contributed by atoms with E-state index < -0.39 is 10.0 Å². The summed E-state index contributed by atoms with van der Waals surface area (Å²) in [6.07, 6.45) is 0. The molecule has 0 bridgehead atoms. The number of hydrogen-bond acceptors (Lipinski definition) is 2. The molecule has 0 saturated carbocycles. The minimum Gasteiger partial charge on any atom is -0.279 e. The summed E-state index contributed by atoms with van der Waals surface area (Å²) in [5.74, 6) is 0. The highest BCUT2D eigenvalue weighted by atomic mass is 127. The second-order valence-electron chi connectivity index (χ2n) is 4.02. The van der Waals surface area contributed by atoms with Crippen LogP contribution in [0.25, 0.3) is 0 Å². The Kier molecular flexibility index (Phi) is 4.52. The second-order valence-corrected chi connectivity index (χ2v) is 7.69.